The summed E-state index contributed by atoms with van der Waals surface area (Å²) in [5.74, 6) is 0.0697. The highest BCUT2D eigenvalue weighted by Gasteiger charge is 2.38. The fourth-order valence-electron chi connectivity index (χ4n) is 1.58. The van der Waals surface area contributed by atoms with Crippen molar-refractivity contribution in [1.82, 2.24) is 10.2 Å². The molecule has 0 radical (unpaired) electrons. The average molecular weight is 186 g/mol. The fourth-order valence-corrected chi connectivity index (χ4v) is 1.58. The lowest BCUT2D eigenvalue weighted by Gasteiger charge is -2.42. The first-order valence-electron chi connectivity index (χ1n) is 4.66. The Morgan fingerprint density at radius 2 is 2.31 bits per heavy atom. The fraction of sp³-hybridized carbons (Fsp3) is 0.889. The van der Waals surface area contributed by atoms with Crippen molar-refractivity contribution >= 4 is 5.91 Å². The van der Waals surface area contributed by atoms with Crippen LogP contribution in [-0.2, 0) is 4.79 Å². The van der Waals surface area contributed by atoms with Crippen molar-refractivity contribution in [2.45, 2.75) is 32.4 Å². The predicted molar refractivity (Wildman–Crippen MR) is 50.3 cm³/mol. The number of aliphatic hydroxyl groups excluding tert-OH is 1. The first kappa shape index (κ1) is 10.5. The second-order valence-corrected chi connectivity index (χ2v) is 4.08. The number of amides is 1. The van der Waals surface area contributed by atoms with E-state index in [2.05, 4.69) is 5.32 Å². The minimum absolute atomic E-state index is 0.0339. The van der Waals surface area contributed by atoms with Gasteiger partial charge in [-0.2, -0.15) is 0 Å². The Kier molecular flexibility index (Phi) is 2.93. The predicted octanol–water partition coefficient (Wildman–Crippen LogP) is -0.422. The van der Waals surface area contributed by atoms with Gasteiger partial charge >= 0.3 is 0 Å². The molecule has 0 aliphatic carbocycles. The van der Waals surface area contributed by atoms with E-state index >= 15 is 0 Å². The number of nitrogens with one attached hydrogen (secondary N) is 1. The topological polar surface area (TPSA) is 52.6 Å². The molecule has 1 fully saturated rings. The van der Waals surface area contributed by atoms with E-state index in [0.717, 1.165) is 6.54 Å². The molecule has 0 saturated carbocycles. The molecule has 1 rings (SSSR count). The van der Waals surface area contributed by atoms with Gasteiger partial charge in [0, 0.05) is 19.1 Å². The molecule has 0 aromatic carbocycles. The quantitative estimate of drug-likeness (QED) is 0.615. The van der Waals surface area contributed by atoms with E-state index < -0.39 is 5.54 Å². The molecule has 0 aromatic rings. The molecule has 1 heterocycles. The Hall–Kier alpha value is -0.610. The van der Waals surface area contributed by atoms with E-state index in [9.17, 15) is 4.79 Å². The van der Waals surface area contributed by atoms with Gasteiger partial charge in [-0.15, -0.1) is 0 Å². The number of rotatable bonds is 2. The first-order valence-corrected chi connectivity index (χ1v) is 4.66. The Labute approximate surface area is 78.9 Å². The number of β-amino-alcohol motifs (C(OH)–C–C–N with tert-alkyl or cyclic N) is 1. The van der Waals surface area contributed by atoms with E-state index in [1.165, 1.54) is 0 Å². The summed E-state index contributed by atoms with van der Waals surface area (Å²) in [5, 5.41) is 12.0. The molecular weight excluding hydrogens is 168 g/mol. The summed E-state index contributed by atoms with van der Waals surface area (Å²) in [6.45, 7) is 6.98. The lowest BCUT2D eigenvalue weighted by Crippen LogP contribution is -2.64. The van der Waals surface area contributed by atoms with Crippen molar-refractivity contribution in [3.05, 3.63) is 0 Å². The monoisotopic (exact) mass is 186 g/mol. The second kappa shape index (κ2) is 3.64. The molecule has 4 nitrogen and oxygen atoms in total. The van der Waals surface area contributed by atoms with E-state index in [1.807, 2.05) is 20.8 Å². The van der Waals surface area contributed by atoms with Gasteiger partial charge in [0.2, 0.25) is 5.91 Å². The van der Waals surface area contributed by atoms with Gasteiger partial charge in [-0.25, -0.2) is 0 Å². The van der Waals surface area contributed by atoms with Crippen LogP contribution in [0.4, 0.5) is 0 Å². The molecular formula is C9H18N2O2. The van der Waals surface area contributed by atoms with Gasteiger partial charge in [-0.3, -0.25) is 4.79 Å². The van der Waals surface area contributed by atoms with Crippen LogP contribution in [0.2, 0.25) is 0 Å². The molecule has 0 spiro atoms. The van der Waals surface area contributed by atoms with Gasteiger partial charge in [-0.05, 0) is 20.8 Å². The van der Waals surface area contributed by atoms with E-state index in [1.54, 1.807) is 4.90 Å². The molecule has 1 unspecified atom stereocenters. The van der Waals surface area contributed by atoms with Crippen molar-refractivity contribution in [3.63, 3.8) is 0 Å². The molecule has 1 aliphatic rings. The smallest absolute Gasteiger partial charge is 0.242 e. The lowest BCUT2D eigenvalue weighted by atomic mass is 9.98. The molecule has 0 aromatic heterocycles. The Morgan fingerprint density at radius 1 is 1.69 bits per heavy atom. The highest BCUT2D eigenvalue weighted by molar-refractivity contribution is 5.86. The molecule has 1 aliphatic heterocycles. The highest BCUT2D eigenvalue weighted by atomic mass is 16.3. The van der Waals surface area contributed by atoms with Crippen molar-refractivity contribution < 1.29 is 9.90 Å². The number of piperazine rings is 1. The third-order valence-corrected chi connectivity index (χ3v) is 2.51. The summed E-state index contributed by atoms with van der Waals surface area (Å²) in [4.78, 5) is 13.5. The zero-order valence-electron chi connectivity index (χ0n) is 8.50. The SMILES string of the molecule is CC1CNC(C)(C)C(=O)N1CCO. The van der Waals surface area contributed by atoms with Crippen molar-refractivity contribution in [1.29, 1.82) is 0 Å². The van der Waals surface area contributed by atoms with Gasteiger partial charge in [0.15, 0.2) is 0 Å². The van der Waals surface area contributed by atoms with Crippen molar-refractivity contribution in [2.24, 2.45) is 0 Å². The van der Waals surface area contributed by atoms with Crippen molar-refractivity contribution in [3.8, 4) is 0 Å². The summed E-state index contributed by atoms with van der Waals surface area (Å²) in [7, 11) is 0. The molecule has 1 amide bonds. The van der Waals surface area contributed by atoms with Crippen LogP contribution in [-0.4, -0.2) is 47.2 Å². The molecule has 1 atom stereocenters. The third kappa shape index (κ3) is 2.00. The Bertz CT molecular complexity index is 204. The van der Waals surface area contributed by atoms with Crippen LogP contribution in [0.25, 0.3) is 0 Å². The molecule has 1 saturated heterocycles. The maximum atomic E-state index is 11.8. The number of aliphatic hydroxyl groups is 1. The van der Waals surface area contributed by atoms with Crippen LogP contribution in [0.5, 0.6) is 0 Å². The Morgan fingerprint density at radius 3 is 2.85 bits per heavy atom. The van der Waals surface area contributed by atoms with E-state index in [4.69, 9.17) is 5.11 Å². The average Bonchev–Trinajstić information content (AvgIpc) is 2.07. The van der Waals surface area contributed by atoms with Gasteiger partial charge in [0.05, 0.1) is 12.1 Å². The molecule has 13 heavy (non-hydrogen) atoms. The van der Waals surface area contributed by atoms with E-state index in [0.29, 0.717) is 6.54 Å². The molecule has 2 N–H and O–H groups in total. The minimum Gasteiger partial charge on any atom is -0.395 e. The lowest BCUT2D eigenvalue weighted by molar-refractivity contribution is -0.143. The first-order chi connectivity index (χ1) is 5.99. The number of hydrogen-bond acceptors (Lipinski definition) is 3. The summed E-state index contributed by atoms with van der Waals surface area (Å²) in [5.41, 5.74) is -0.484. The second-order valence-electron chi connectivity index (χ2n) is 4.08. The van der Waals surface area contributed by atoms with Crippen LogP contribution < -0.4 is 5.32 Å². The van der Waals surface area contributed by atoms with Crippen LogP contribution in [0, 0.1) is 0 Å². The standard InChI is InChI=1S/C9H18N2O2/c1-7-6-10-9(2,3)8(13)11(7)4-5-12/h7,10,12H,4-6H2,1-3H3. The Balaban J connectivity index is 2.73. The van der Waals surface area contributed by atoms with Crippen LogP contribution in [0.1, 0.15) is 20.8 Å². The van der Waals surface area contributed by atoms with Crippen LogP contribution >= 0.6 is 0 Å². The zero-order valence-corrected chi connectivity index (χ0v) is 8.50. The zero-order chi connectivity index (χ0) is 10.1. The molecule has 0 bridgehead atoms. The van der Waals surface area contributed by atoms with Gasteiger partial charge in [0.1, 0.15) is 0 Å². The summed E-state index contributed by atoms with van der Waals surface area (Å²) in [6.07, 6.45) is 0. The van der Waals surface area contributed by atoms with E-state index in [-0.39, 0.29) is 18.6 Å². The maximum Gasteiger partial charge on any atom is 0.242 e. The summed E-state index contributed by atoms with van der Waals surface area (Å²) >= 11 is 0. The number of hydrogen-bond donors (Lipinski definition) is 2. The highest BCUT2D eigenvalue weighted by Crippen LogP contribution is 2.15. The molecule has 76 valence electrons. The number of nitrogens with zero attached hydrogens (tertiary/aromatic N) is 1. The van der Waals surface area contributed by atoms with Gasteiger partial charge in [-0.1, -0.05) is 0 Å². The van der Waals surface area contributed by atoms with Crippen LogP contribution in [0.15, 0.2) is 0 Å². The maximum absolute atomic E-state index is 11.8. The molecule has 4 heteroatoms. The van der Waals surface area contributed by atoms with Crippen molar-refractivity contribution in [2.75, 3.05) is 19.7 Å². The summed E-state index contributed by atoms with van der Waals surface area (Å²) in [6, 6.07) is 0.174. The van der Waals surface area contributed by atoms with Gasteiger partial charge < -0.3 is 15.3 Å². The largest absolute Gasteiger partial charge is 0.395 e. The number of carbonyl (C=O) groups excluding carboxylic acids is 1. The number of carbonyl (C=O) groups is 1. The summed E-state index contributed by atoms with van der Waals surface area (Å²) < 4.78 is 0. The third-order valence-electron chi connectivity index (χ3n) is 2.51. The van der Waals surface area contributed by atoms with Gasteiger partial charge in [0.25, 0.3) is 0 Å². The van der Waals surface area contributed by atoms with Crippen LogP contribution in [0.3, 0.4) is 0 Å². The normalized spacial score (nSPS) is 27.8. The minimum atomic E-state index is -0.484.